The number of benzene rings is 1. The fraction of sp³-hybridized carbons (Fsp3) is 0.667. The maximum Gasteiger partial charge on any atom is 0.174 e. The van der Waals surface area contributed by atoms with E-state index in [2.05, 4.69) is 11.8 Å². The predicted molar refractivity (Wildman–Crippen MR) is 96.6 cm³/mol. The van der Waals surface area contributed by atoms with E-state index < -0.39 is 17.1 Å². The van der Waals surface area contributed by atoms with Crippen LogP contribution in [0.25, 0.3) is 0 Å². The lowest BCUT2D eigenvalue weighted by molar-refractivity contribution is -0.188. The van der Waals surface area contributed by atoms with Crippen LogP contribution in [0.3, 0.4) is 0 Å². The number of aliphatic hydroxyl groups is 1. The second-order valence-corrected chi connectivity index (χ2v) is 8.52. The summed E-state index contributed by atoms with van der Waals surface area (Å²) in [6, 6.07) is 3.66. The summed E-state index contributed by atoms with van der Waals surface area (Å²) in [4.78, 5) is 15.2. The molecule has 2 aliphatic heterocycles. The van der Waals surface area contributed by atoms with Gasteiger partial charge in [0.05, 0.1) is 11.0 Å². The number of ketones is 1. The lowest BCUT2D eigenvalue weighted by atomic mass is 9.49. The summed E-state index contributed by atoms with van der Waals surface area (Å²) < 4.78 is 6.04. The summed E-state index contributed by atoms with van der Waals surface area (Å²) in [5.74, 6) is 0.599. The molecule has 5 heteroatoms. The van der Waals surface area contributed by atoms with Crippen LogP contribution >= 0.6 is 0 Å². The highest BCUT2D eigenvalue weighted by Crippen LogP contribution is 2.64. The standard InChI is InChI=1S/C21H27NO4/c1-2-3-4-10-22-11-9-20-17-13-5-6-14(23)18(17)26-19(20)15(24)7-8-21(20,25)16(22)12-13/h5-6,16,19,23,25H,2-4,7-12H2,1H3/t16-,19+,20+,21-/m0/s1. The molecule has 2 heterocycles. The zero-order valence-corrected chi connectivity index (χ0v) is 15.3. The average molecular weight is 357 g/mol. The van der Waals surface area contributed by atoms with E-state index in [0.717, 1.165) is 37.1 Å². The number of phenolic OH excluding ortho intramolecular Hbond substituents is 1. The van der Waals surface area contributed by atoms with Gasteiger partial charge in [-0.25, -0.2) is 0 Å². The largest absolute Gasteiger partial charge is 0.504 e. The van der Waals surface area contributed by atoms with Gasteiger partial charge in [0.25, 0.3) is 0 Å². The molecule has 4 aliphatic rings. The number of carbonyl (C=O) groups excluding carboxylic acids is 1. The van der Waals surface area contributed by atoms with Gasteiger partial charge in [-0.2, -0.15) is 0 Å². The number of piperidine rings is 1. The van der Waals surface area contributed by atoms with Crippen molar-refractivity contribution >= 4 is 5.78 Å². The van der Waals surface area contributed by atoms with E-state index in [9.17, 15) is 15.0 Å². The Morgan fingerprint density at radius 2 is 2.15 bits per heavy atom. The van der Waals surface area contributed by atoms with Crippen LogP contribution < -0.4 is 4.74 Å². The van der Waals surface area contributed by atoms with E-state index in [-0.39, 0.29) is 17.6 Å². The minimum atomic E-state index is -0.956. The summed E-state index contributed by atoms with van der Waals surface area (Å²) in [6.07, 6.45) is 5.20. The Balaban J connectivity index is 1.65. The topological polar surface area (TPSA) is 70.0 Å². The number of nitrogens with zero attached hydrogens (tertiary/aromatic N) is 1. The third kappa shape index (κ3) is 1.81. The van der Waals surface area contributed by atoms with Gasteiger partial charge < -0.3 is 14.9 Å². The number of aromatic hydroxyl groups is 1. The number of ether oxygens (including phenoxy) is 1. The molecule has 140 valence electrons. The molecule has 2 N–H and O–H groups in total. The van der Waals surface area contributed by atoms with E-state index in [1.807, 2.05) is 6.07 Å². The van der Waals surface area contributed by atoms with E-state index in [4.69, 9.17) is 4.74 Å². The van der Waals surface area contributed by atoms with Gasteiger partial charge in [0.1, 0.15) is 0 Å². The number of hydrogen-bond donors (Lipinski definition) is 2. The fourth-order valence-electron chi connectivity index (χ4n) is 6.25. The van der Waals surface area contributed by atoms with Gasteiger partial charge in [-0.3, -0.25) is 9.69 Å². The Morgan fingerprint density at radius 3 is 2.96 bits per heavy atom. The second-order valence-electron chi connectivity index (χ2n) is 8.52. The maximum absolute atomic E-state index is 12.7. The van der Waals surface area contributed by atoms with Crippen molar-refractivity contribution in [3.05, 3.63) is 23.3 Å². The molecule has 2 bridgehead atoms. The maximum atomic E-state index is 12.7. The molecule has 1 aromatic carbocycles. The minimum absolute atomic E-state index is 0.0234. The van der Waals surface area contributed by atoms with Crippen molar-refractivity contribution in [3.63, 3.8) is 0 Å². The van der Waals surface area contributed by atoms with Gasteiger partial charge in [0, 0.05) is 18.0 Å². The second kappa shape index (κ2) is 5.46. The molecule has 4 atom stereocenters. The fourth-order valence-corrected chi connectivity index (χ4v) is 6.25. The molecule has 26 heavy (non-hydrogen) atoms. The third-order valence-corrected chi connectivity index (χ3v) is 7.42. The number of rotatable bonds is 4. The summed E-state index contributed by atoms with van der Waals surface area (Å²) in [5, 5.41) is 22.3. The van der Waals surface area contributed by atoms with Crippen molar-refractivity contribution in [2.24, 2.45) is 0 Å². The molecule has 2 aliphatic carbocycles. The molecule has 0 unspecified atom stereocenters. The molecule has 0 amide bonds. The normalized spacial score (nSPS) is 37.4. The van der Waals surface area contributed by atoms with Gasteiger partial charge in [-0.15, -0.1) is 0 Å². The molecule has 1 saturated heterocycles. The van der Waals surface area contributed by atoms with Crippen molar-refractivity contribution in [3.8, 4) is 11.5 Å². The number of hydrogen-bond acceptors (Lipinski definition) is 5. The van der Waals surface area contributed by atoms with Gasteiger partial charge >= 0.3 is 0 Å². The molecule has 1 saturated carbocycles. The van der Waals surface area contributed by atoms with Crippen molar-refractivity contribution in [1.29, 1.82) is 0 Å². The quantitative estimate of drug-likeness (QED) is 0.809. The Bertz CT molecular complexity index is 778. The van der Waals surface area contributed by atoms with E-state index in [1.54, 1.807) is 6.07 Å². The lowest BCUT2D eigenvalue weighted by Gasteiger charge is -2.62. The number of likely N-dealkylation sites (tertiary alicyclic amines) is 1. The summed E-state index contributed by atoms with van der Waals surface area (Å²) in [5.41, 5.74) is 0.408. The molecular formula is C21H27NO4. The molecule has 1 aromatic rings. The highest BCUT2D eigenvalue weighted by atomic mass is 16.5. The Morgan fingerprint density at radius 1 is 1.31 bits per heavy atom. The SMILES string of the molecule is CCCCCN1CC[C@@]23c4c5ccc(O)c4O[C@@H]2C(=O)CC[C@]3(O)[C@@H]1C5. The van der Waals surface area contributed by atoms with Gasteiger partial charge in [-0.05, 0) is 50.4 Å². The molecule has 0 radical (unpaired) electrons. The Hall–Kier alpha value is -1.59. The van der Waals surface area contributed by atoms with Crippen molar-refractivity contribution in [2.75, 3.05) is 13.1 Å². The first-order chi connectivity index (χ1) is 12.5. The number of unbranched alkanes of at least 4 members (excludes halogenated alkanes) is 2. The van der Waals surface area contributed by atoms with Crippen LogP contribution in [0.15, 0.2) is 12.1 Å². The zero-order valence-electron chi connectivity index (χ0n) is 15.3. The van der Waals surface area contributed by atoms with Crippen LogP contribution in [-0.4, -0.2) is 51.7 Å². The summed E-state index contributed by atoms with van der Waals surface area (Å²) in [6.45, 7) is 4.08. The molecule has 0 aromatic heterocycles. The van der Waals surface area contributed by atoms with Crippen LogP contribution in [0, 0.1) is 0 Å². The van der Waals surface area contributed by atoms with E-state index >= 15 is 0 Å². The molecular weight excluding hydrogens is 330 g/mol. The monoisotopic (exact) mass is 357 g/mol. The van der Waals surface area contributed by atoms with Crippen molar-refractivity contribution in [1.82, 2.24) is 4.90 Å². The summed E-state index contributed by atoms with van der Waals surface area (Å²) >= 11 is 0. The van der Waals surface area contributed by atoms with E-state index in [1.165, 1.54) is 12.8 Å². The van der Waals surface area contributed by atoms with Gasteiger partial charge in [-0.1, -0.05) is 25.8 Å². The Kier molecular flexibility index (Phi) is 3.48. The van der Waals surface area contributed by atoms with Crippen LogP contribution in [0.1, 0.15) is 56.6 Å². The zero-order chi connectivity index (χ0) is 18.1. The third-order valence-electron chi connectivity index (χ3n) is 7.42. The molecule has 1 spiro atoms. The lowest BCUT2D eigenvalue weighted by Crippen LogP contribution is -2.76. The predicted octanol–water partition coefficient (Wildman–Crippen LogP) is 2.31. The van der Waals surface area contributed by atoms with Crippen molar-refractivity contribution in [2.45, 2.75) is 75.0 Å². The molecule has 5 nitrogen and oxygen atoms in total. The molecule has 5 rings (SSSR count). The van der Waals surface area contributed by atoms with Crippen LogP contribution in [-0.2, 0) is 16.6 Å². The summed E-state index contributed by atoms with van der Waals surface area (Å²) in [7, 11) is 0. The molecule has 2 fully saturated rings. The number of carbonyl (C=O) groups is 1. The first kappa shape index (κ1) is 16.6. The first-order valence-corrected chi connectivity index (χ1v) is 10.0. The van der Waals surface area contributed by atoms with Gasteiger partial charge in [0.15, 0.2) is 23.4 Å². The first-order valence-electron chi connectivity index (χ1n) is 10.0. The highest BCUT2D eigenvalue weighted by molar-refractivity contribution is 5.90. The highest BCUT2D eigenvalue weighted by Gasteiger charge is 2.73. The minimum Gasteiger partial charge on any atom is -0.504 e. The smallest absolute Gasteiger partial charge is 0.174 e. The van der Waals surface area contributed by atoms with E-state index in [0.29, 0.717) is 25.0 Å². The van der Waals surface area contributed by atoms with Crippen LogP contribution in [0.4, 0.5) is 0 Å². The average Bonchev–Trinajstić information content (AvgIpc) is 2.98. The number of phenols is 1. The Labute approximate surface area is 154 Å². The van der Waals surface area contributed by atoms with Gasteiger partial charge in [0.2, 0.25) is 0 Å². The number of Topliss-reactive ketones (excluding diaryl/α,β-unsaturated/α-hetero) is 1. The van der Waals surface area contributed by atoms with Crippen LogP contribution in [0.5, 0.6) is 11.5 Å². The van der Waals surface area contributed by atoms with Crippen LogP contribution in [0.2, 0.25) is 0 Å². The van der Waals surface area contributed by atoms with Crippen molar-refractivity contribution < 1.29 is 19.7 Å².